The highest BCUT2D eigenvalue weighted by atomic mass is 15.4. The van der Waals surface area contributed by atoms with Gasteiger partial charge in [0.1, 0.15) is 0 Å². The summed E-state index contributed by atoms with van der Waals surface area (Å²) in [5, 5.41) is 0. The van der Waals surface area contributed by atoms with Gasteiger partial charge in [0.15, 0.2) is 0 Å². The summed E-state index contributed by atoms with van der Waals surface area (Å²) in [4.78, 5) is 2.71. The van der Waals surface area contributed by atoms with Crippen LogP contribution in [0.2, 0.25) is 0 Å². The van der Waals surface area contributed by atoms with Gasteiger partial charge < -0.3 is 0 Å². The molecule has 1 heterocycles. The summed E-state index contributed by atoms with van der Waals surface area (Å²) < 4.78 is 0. The minimum atomic E-state index is 0.402. The van der Waals surface area contributed by atoms with E-state index < -0.39 is 0 Å². The van der Waals surface area contributed by atoms with Crippen molar-refractivity contribution in [3.8, 4) is 11.8 Å². The fourth-order valence-electron chi connectivity index (χ4n) is 2.70. The first-order valence-electron chi connectivity index (χ1n) is 5.91. The summed E-state index contributed by atoms with van der Waals surface area (Å²) in [7, 11) is 0. The molecular weight excluding hydrogens is 170 g/mol. The molecule has 1 saturated heterocycles. The topological polar surface area (TPSA) is 3.01 Å². The second-order valence-electron chi connectivity index (χ2n) is 5.14. The van der Waals surface area contributed by atoms with Crippen molar-refractivity contribution >= 4 is 0 Å². The molecule has 2 aliphatic rings. The smallest absolute Gasteiger partial charge is 0.0270 e. The van der Waals surface area contributed by atoms with Crippen molar-refractivity contribution in [1.29, 1.82) is 0 Å². The Hall–Kier alpha value is -0.480. The molecular formula is C13H21N. The molecule has 1 heteroatoms. The van der Waals surface area contributed by atoms with Gasteiger partial charge in [0.05, 0.1) is 0 Å². The van der Waals surface area contributed by atoms with Gasteiger partial charge in [-0.3, -0.25) is 4.90 Å². The molecule has 0 spiro atoms. The van der Waals surface area contributed by atoms with Crippen molar-refractivity contribution < 1.29 is 0 Å². The minimum absolute atomic E-state index is 0.402. The van der Waals surface area contributed by atoms with Crippen LogP contribution in [-0.2, 0) is 0 Å². The maximum absolute atomic E-state index is 3.26. The predicted molar refractivity (Wildman–Crippen MR) is 60.0 cm³/mol. The zero-order chi connectivity index (χ0) is 10.2. The van der Waals surface area contributed by atoms with Crippen LogP contribution in [0.4, 0.5) is 0 Å². The molecule has 0 amide bonds. The molecule has 78 valence electrons. The van der Waals surface area contributed by atoms with Crippen LogP contribution >= 0.6 is 0 Å². The maximum atomic E-state index is 3.26. The molecule has 0 aromatic heterocycles. The first-order valence-corrected chi connectivity index (χ1v) is 5.91. The Labute approximate surface area is 87.9 Å². The number of hydrogen-bond acceptors (Lipinski definition) is 1. The van der Waals surface area contributed by atoms with E-state index in [0.29, 0.717) is 5.54 Å². The summed E-state index contributed by atoms with van der Waals surface area (Å²) >= 11 is 0. The predicted octanol–water partition coefficient (Wildman–Crippen LogP) is 2.81. The molecule has 1 aliphatic carbocycles. The quantitative estimate of drug-likeness (QED) is 0.479. The van der Waals surface area contributed by atoms with Gasteiger partial charge in [-0.2, -0.15) is 0 Å². The van der Waals surface area contributed by atoms with Gasteiger partial charge in [-0.25, -0.2) is 0 Å². The van der Waals surface area contributed by atoms with Crippen molar-refractivity contribution in [1.82, 2.24) is 4.90 Å². The van der Waals surface area contributed by atoms with Crippen molar-refractivity contribution in [2.24, 2.45) is 0 Å². The van der Waals surface area contributed by atoms with Gasteiger partial charge in [-0.1, -0.05) is 6.92 Å². The molecule has 0 aromatic rings. The van der Waals surface area contributed by atoms with Gasteiger partial charge in [-0.05, 0) is 33.1 Å². The Morgan fingerprint density at radius 2 is 1.64 bits per heavy atom. The summed E-state index contributed by atoms with van der Waals surface area (Å²) in [5.74, 6) is 6.52. The van der Waals surface area contributed by atoms with Crippen LogP contribution in [-0.4, -0.2) is 22.5 Å². The van der Waals surface area contributed by atoms with E-state index in [1.807, 2.05) is 0 Å². The highest BCUT2D eigenvalue weighted by Gasteiger charge is 2.52. The summed E-state index contributed by atoms with van der Waals surface area (Å²) in [6.45, 7) is 7.04. The standard InChI is InChI=1S/C13H21N/c1-4-13(2,3)14-11-9-7-5-6-8-10-12(11)14/h11-12H,4,7-10H2,1-3H3/t11-,12+,14?. The molecule has 1 unspecified atom stereocenters. The van der Waals surface area contributed by atoms with Crippen LogP contribution < -0.4 is 0 Å². The van der Waals surface area contributed by atoms with Gasteiger partial charge in [0.25, 0.3) is 0 Å². The monoisotopic (exact) mass is 191 g/mol. The van der Waals surface area contributed by atoms with E-state index in [9.17, 15) is 0 Å². The van der Waals surface area contributed by atoms with Crippen molar-refractivity contribution in [2.45, 2.75) is 70.5 Å². The highest BCUT2D eigenvalue weighted by Crippen LogP contribution is 2.43. The first kappa shape index (κ1) is 10.1. The molecule has 0 bridgehead atoms. The first-order chi connectivity index (χ1) is 6.67. The van der Waals surface area contributed by atoms with Gasteiger partial charge in [0.2, 0.25) is 0 Å². The minimum Gasteiger partial charge on any atom is -0.289 e. The molecule has 3 atom stereocenters. The van der Waals surface area contributed by atoms with Crippen molar-refractivity contribution in [3.05, 3.63) is 0 Å². The van der Waals surface area contributed by atoms with Crippen LogP contribution in [0.5, 0.6) is 0 Å². The number of hydrogen-bond donors (Lipinski definition) is 0. The third kappa shape index (κ3) is 1.68. The van der Waals surface area contributed by atoms with Crippen LogP contribution in [0, 0.1) is 11.8 Å². The van der Waals surface area contributed by atoms with Gasteiger partial charge in [0, 0.05) is 30.5 Å². The Morgan fingerprint density at radius 3 is 2.07 bits per heavy atom. The van der Waals surface area contributed by atoms with Crippen LogP contribution in [0.1, 0.15) is 52.9 Å². The number of rotatable bonds is 2. The Balaban J connectivity index is 2.00. The fourth-order valence-corrected chi connectivity index (χ4v) is 2.70. The van der Waals surface area contributed by atoms with Crippen molar-refractivity contribution in [3.63, 3.8) is 0 Å². The molecule has 1 fully saturated rings. The lowest BCUT2D eigenvalue weighted by Gasteiger charge is -2.26. The van der Waals surface area contributed by atoms with E-state index in [-0.39, 0.29) is 0 Å². The van der Waals surface area contributed by atoms with Crippen LogP contribution in [0.25, 0.3) is 0 Å². The van der Waals surface area contributed by atoms with E-state index in [0.717, 1.165) is 24.9 Å². The lowest BCUT2D eigenvalue weighted by molar-refractivity contribution is 0.231. The van der Waals surface area contributed by atoms with E-state index in [1.165, 1.54) is 19.3 Å². The third-order valence-electron chi connectivity index (χ3n) is 3.89. The van der Waals surface area contributed by atoms with E-state index >= 15 is 0 Å². The van der Waals surface area contributed by atoms with E-state index in [4.69, 9.17) is 0 Å². The molecule has 0 saturated carbocycles. The highest BCUT2D eigenvalue weighted by molar-refractivity contribution is 5.14. The molecule has 0 aromatic carbocycles. The van der Waals surface area contributed by atoms with Crippen LogP contribution in [0.3, 0.4) is 0 Å². The summed E-state index contributed by atoms with van der Waals surface area (Å²) in [6, 6.07) is 1.69. The lowest BCUT2D eigenvalue weighted by atomic mass is 10.0. The molecule has 14 heavy (non-hydrogen) atoms. The molecule has 1 aliphatic heterocycles. The molecule has 1 nitrogen and oxygen atoms in total. The van der Waals surface area contributed by atoms with Crippen LogP contribution in [0.15, 0.2) is 0 Å². The average Bonchev–Trinajstić information content (AvgIpc) is 2.78. The lowest BCUT2D eigenvalue weighted by Crippen LogP contribution is -2.32. The average molecular weight is 191 g/mol. The summed E-state index contributed by atoms with van der Waals surface area (Å²) in [6.07, 6.45) is 6.05. The normalized spacial score (nSPS) is 36.1. The Kier molecular flexibility index (Phi) is 2.58. The largest absolute Gasteiger partial charge is 0.289 e. The second kappa shape index (κ2) is 3.59. The van der Waals surface area contributed by atoms with E-state index in [2.05, 4.69) is 37.5 Å². The van der Waals surface area contributed by atoms with Gasteiger partial charge in [-0.15, -0.1) is 11.8 Å². The van der Waals surface area contributed by atoms with Crippen molar-refractivity contribution in [2.75, 3.05) is 0 Å². The molecule has 0 N–H and O–H groups in total. The third-order valence-corrected chi connectivity index (χ3v) is 3.89. The summed E-state index contributed by atoms with van der Waals surface area (Å²) in [5.41, 5.74) is 0.402. The molecule has 0 radical (unpaired) electrons. The number of fused-ring (bicyclic) bond motifs is 1. The zero-order valence-corrected chi connectivity index (χ0v) is 9.64. The SMILES string of the molecule is CCC(C)(C)N1[C@@H]2CCC#CCC[C@@H]21. The molecule has 2 rings (SSSR count). The fraction of sp³-hybridized carbons (Fsp3) is 0.846. The Morgan fingerprint density at radius 1 is 1.14 bits per heavy atom. The zero-order valence-electron chi connectivity index (χ0n) is 9.64. The van der Waals surface area contributed by atoms with Gasteiger partial charge >= 0.3 is 0 Å². The Bertz CT molecular complexity index is 251. The second-order valence-corrected chi connectivity index (χ2v) is 5.14. The maximum Gasteiger partial charge on any atom is 0.0270 e. The van der Waals surface area contributed by atoms with E-state index in [1.54, 1.807) is 0 Å². The number of nitrogens with zero attached hydrogens (tertiary/aromatic N) is 1.